The molecule has 1 aromatic heterocycles. The Hall–Kier alpha value is -2.62. The van der Waals surface area contributed by atoms with Crippen LogP contribution in [-0.2, 0) is 28.8 Å². The third kappa shape index (κ3) is 4.27. The Morgan fingerprint density at radius 3 is 2.71 bits per heavy atom. The van der Waals surface area contributed by atoms with Gasteiger partial charge in [0.2, 0.25) is 0 Å². The molecule has 1 heterocycles. The zero-order valence-electron chi connectivity index (χ0n) is 16.6. The van der Waals surface area contributed by atoms with Gasteiger partial charge in [0, 0.05) is 17.1 Å². The Kier molecular flexibility index (Phi) is 5.75. The predicted molar refractivity (Wildman–Crippen MR) is 113 cm³/mol. The van der Waals surface area contributed by atoms with Crippen molar-refractivity contribution in [1.82, 2.24) is 4.98 Å². The molecule has 0 saturated heterocycles. The quantitative estimate of drug-likeness (QED) is 0.688. The van der Waals surface area contributed by atoms with E-state index in [0.717, 1.165) is 36.2 Å². The molecule has 2 aliphatic carbocycles. The Labute approximate surface area is 167 Å². The van der Waals surface area contributed by atoms with Gasteiger partial charge in [0.25, 0.3) is 0 Å². The molecule has 0 amide bonds. The molecule has 0 saturated carbocycles. The van der Waals surface area contributed by atoms with E-state index in [9.17, 15) is 4.79 Å². The highest BCUT2D eigenvalue weighted by molar-refractivity contribution is 5.74. The number of rotatable bonds is 6. The van der Waals surface area contributed by atoms with Gasteiger partial charge in [-0.05, 0) is 86.8 Å². The van der Waals surface area contributed by atoms with Crippen LogP contribution in [0.25, 0.3) is 5.57 Å². The molecule has 0 bridgehead atoms. The first-order chi connectivity index (χ1) is 13.7. The van der Waals surface area contributed by atoms with Crippen LogP contribution in [0.3, 0.4) is 0 Å². The number of aromatic nitrogens is 1. The van der Waals surface area contributed by atoms with E-state index in [-0.39, 0.29) is 5.97 Å². The van der Waals surface area contributed by atoms with Gasteiger partial charge in [-0.15, -0.1) is 0 Å². The maximum absolute atomic E-state index is 11.7. The van der Waals surface area contributed by atoms with Gasteiger partial charge in [-0.2, -0.15) is 0 Å². The first kappa shape index (κ1) is 18.7. The second-order valence-electron chi connectivity index (χ2n) is 7.61. The van der Waals surface area contributed by atoms with Crippen molar-refractivity contribution in [3.8, 4) is 0 Å². The normalized spacial score (nSPS) is 15.7. The highest BCUT2D eigenvalue weighted by atomic mass is 16.5. The van der Waals surface area contributed by atoms with Crippen molar-refractivity contribution in [2.75, 3.05) is 11.9 Å². The van der Waals surface area contributed by atoms with E-state index in [2.05, 4.69) is 17.5 Å². The monoisotopic (exact) mass is 376 g/mol. The van der Waals surface area contributed by atoms with Crippen molar-refractivity contribution in [3.63, 3.8) is 0 Å². The number of ether oxygens (including phenoxy) is 1. The van der Waals surface area contributed by atoms with Crippen molar-refractivity contribution < 1.29 is 9.53 Å². The maximum Gasteiger partial charge on any atom is 0.310 e. The number of fused-ring (bicyclic) bond motifs is 1. The van der Waals surface area contributed by atoms with Crippen LogP contribution < -0.4 is 5.32 Å². The van der Waals surface area contributed by atoms with E-state index >= 15 is 0 Å². The number of benzene rings is 1. The molecule has 146 valence electrons. The van der Waals surface area contributed by atoms with Gasteiger partial charge in [0.1, 0.15) is 0 Å². The molecule has 1 aromatic carbocycles. The molecule has 1 N–H and O–H groups in total. The third-order valence-electron chi connectivity index (χ3n) is 5.56. The fourth-order valence-corrected chi connectivity index (χ4v) is 4.13. The molecular formula is C24H28N2O2. The molecule has 0 radical (unpaired) electrons. The minimum Gasteiger partial charge on any atom is -0.466 e. The summed E-state index contributed by atoms with van der Waals surface area (Å²) in [5, 5.41) is 3.61. The van der Waals surface area contributed by atoms with Crippen LogP contribution in [0, 0.1) is 0 Å². The van der Waals surface area contributed by atoms with Gasteiger partial charge >= 0.3 is 5.97 Å². The number of hydrogen-bond donors (Lipinski definition) is 1. The summed E-state index contributed by atoms with van der Waals surface area (Å²) in [6, 6.07) is 10.3. The molecule has 2 aromatic rings. The number of aryl methyl sites for hydroxylation is 1. The zero-order chi connectivity index (χ0) is 19.3. The number of nitrogens with one attached hydrogen (secondary N) is 1. The van der Waals surface area contributed by atoms with Gasteiger partial charge in [0.05, 0.1) is 18.7 Å². The third-order valence-corrected chi connectivity index (χ3v) is 5.56. The SMILES string of the molecule is CCOC(=O)Cc1ccc(Nc2cc(C3=CCCCC3)nc3c2CCC3)cc1. The van der Waals surface area contributed by atoms with Gasteiger partial charge < -0.3 is 10.1 Å². The van der Waals surface area contributed by atoms with Crippen molar-refractivity contribution in [2.45, 2.75) is 58.3 Å². The van der Waals surface area contributed by atoms with E-state index < -0.39 is 0 Å². The number of carbonyl (C=O) groups is 1. The molecule has 4 rings (SSSR count). The molecule has 0 aliphatic heterocycles. The summed E-state index contributed by atoms with van der Waals surface area (Å²) < 4.78 is 5.03. The minimum absolute atomic E-state index is 0.180. The average molecular weight is 377 g/mol. The zero-order valence-corrected chi connectivity index (χ0v) is 16.6. The second-order valence-corrected chi connectivity index (χ2v) is 7.61. The van der Waals surface area contributed by atoms with Crippen LogP contribution in [-0.4, -0.2) is 17.6 Å². The molecule has 0 unspecified atom stereocenters. The average Bonchev–Trinajstić information content (AvgIpc) is 3.19. The van der Waals surface area contributed by atoms with Gasteiger partial charge in [0.15, 0.2) is 0 Å². The number of anilines is 2. The Morgan fingerprint density at radius 2 is 1.96 bits per heavy atom. The topological polar surface area (TPSA) is 51.2 Å². The lowest BCUT2D eigenvalue weighted by Gasteiger charge is -2.17. The summed E-state index contributed by atoms with van der Waals surface area (Å²) in [4.78, 5) is 16.6. The molecule has 4 heteroatoms. The van der Waals surface area contributed by atoms with Crippen LogP contribution >= 0.6 is 0 Å². The van der Waals surface area contributed by atoms with E-state index in [1.807, 2.05) is 31.2 Å². The number of esters is 1. The van der Waals surface area contributed by atoms with Gasteiger partial charge in [-0.1, -0.05) is 18.2 Å². The number of nitrogens with zero attached hydrogens (tertiary/aromatic N) is 1. The highest BCUT2D eigenvalue weighted by Gasteiger charge is 2.20. The van der Waals surface area contributed by atoms with Crippen molar-refractivity contribution in [2.24, 2.45) is 0 Å². The van der Waals surface area contributed by atoms with Crippen molar-refractivity contribution >= 4 is 22.9 Å². The van der Waals surface area contributed by atoms with Crippen LogP contribution in [0.1, 0.15) is 61.5 Å². The summed E-state index contributed by atoms with van der Waals surface area (Å²) in [6.45, 7) is 2.25. The molecule has 4 nitrogen and oxygen atoms in total. The van der Waals surface area contributed by atoms with Crippen LogP contribution in [0.2, 0.25) is 0 Å². The van der Waals surface area contributed by atoms with E-state index in [0.29, 0.717) is 13.0 Å². The number of pyridine rings is 1. The highest BCUT2D eigenvalue weighted by Crippen LogP contribution is 2.34. The summed E-state index contributed by atoms with van der Waals surface area (Å²) >= 11 is 0. The van der Waals surface area contributed by atoms with E-state index in [1.54, 1.807) is 0 Å². The summed E-state index contributed by atoms with van der Waals surface area (Å²) in [7, 11) is 0. The van der Waals surface area contributed by atoms with Crippen molar-refractivity contribution in [3.05, 3.63) is 58.9 Å². The van der Waals surface area contributed by atoms with Crippen LogP contribution in [0.15, 0.2) is 36.4 Å². The number of carbonyl (C=O) groups excluding carboxylic acids is 1. The minimum atomic E-state index is -0.180. The fourth-order valence-electron chi connectivity index (χ4n) is 4.13. The van der Waals surface area contributed by atoms with Crippen LogP contribution in [0.4, 0.5) is 11.4 Å². The predicted octanol–water partition coefficient (Wildman–Crippen LogP) is 5.38. The Morgan fingerprint density at radius 1 is 1.11 bits per heavy atom. The largest absolute Gasteiger partial charge is 0.466 e. The molecule has 2 aliphatic rings. The number of hydrogen-bond acceptors (Lipinski definition) is 4. The second kappa shape index (κ2) is 8.59. The summed E-state index contributed by atoms with van der Waals surface area (Å²) in [5.74, 6) is -0.180. The summed E-state index contributed by atoms with van der Waals surface area (Å²) in [6.07, 6.45) is 10.9. The lowest BCUT2D eigenvalue weighted by molar-refractivity contribution is -0.142. The maximum atomic E-state index is 11.7. The fraction of sp³-hybridized carbons (Fsp3) is 0.417. The molecule has 28 heavy (non-hydrogen) atoms. The van der Waals surface area contributed by atoms with E-state index in [4.69, 9.17) is 9.72 Å². The lowest BCUT2D eigenvalue weighted by Crippen LogP contribution is -2.07. The van der Waals surface area contributed by atoms with Crippen molar-refractivity contribution in [1.29, 1.82) is 0 Å². The van der Waals surface area contributed by atoms with Crippen LogP contribution in [0.5, 0.6) is 0 Å². The number of allylic oxidation sites excluding steroid dienone is 2. The Balaban J connectivity index is 1.55. The standard InChI is InChI=1S/C24H28N2O2/c1-2-28-24(27)15-17-11-13-19(14-12-17)25-23-16-22(18-7-4-3-5-8-18)26-21-10-6-9-20(21)23/h7,11-14,16H,2-6,8-10,15H2,1H3,(H,25,26). The van der Waals surface area contributed by atoms with Gasteiger partial charge in [-0.3, -0.25) is 9.78 Å². The smallest absolute Gasteiger partial charge is 0.310 e. The summed E-state index contributed by atoms with van der Waals surface area (Å²) in [5.41, 5.74) is 8.34. The molecule has 0 fully saturated rings. The molecule has 0 atom stereocenters. The molecule has 0 spiro atoms. The first-order valence-corrected chi connectivity index (χ1v) is 10.5. The Bertz CT molecular complexity index is 884. The molecular weight excluding hydrogens is 348 g/mol. The lowest BCUT2D eigenvalue weighted by atomic mass is 9.96. The first-order valence-electron chi connectivity index (χ1n) is 10.5. The van der Waals surface area contributed by atoms with E-state index in [1.165, 1.54) is 48.2 Å². The van der Waals surface area contributed by atoms with Gasteiger partial charge in [-0.25, -0.2) is 0 Å².